The molecule has 0 spiro atoms. The lowest BCUT2D eigenvalue weighted by Gasteiger charge is -2.37. The lowest BCUT2D eigenvalue weighted by atomic mass is 9.98. The molecule has 0 bridgehead atoms. The minimum Gasteiger partial charge on any atom is -0.466 e. The number of nitrogens with one attached hydrogen (secondary N) is 1. The second kappa shape index (κ2) is 9.97. The van der Waals surface area contributed by atoms with Crippen molar-refractivity contribution in [3.63, 3.8) is 0 Å². The number of esters is 1. The third-order valence-corrected chi connectivity index (χ3v) is 6.18. The van der Waals surface area contributed by atoms with Crippen LogP contribution >= 0.6 is 0 Å². The predicted octanol–water partition coefficient (Wildman–Crippen LogP) is 2.57. The molecule has 1 aromatic rings. The average Bonchev–Trinajstić information content (AvgIpc) is 3.49. The molecule has 4 rings (SSSR count). The van der Waals surface area contributed by atoms with Gasteiger partial charge in [0.05, 0.1) is 19.1 Å². The van der Waals surface area contributed by atoms with Crippen LogP contribution in [0.4, 0.5) is 4.79 Å². The van der Waals surface area contributed by atoms with Crippen molar-refractivity contribution in [2.24, 2.45) is 0 Å². The summed E-state index contributed by atoms with van der Waals surface area (Å²) >= 11 is 0. The van der Waals surface area contributed by atoms with E-state index in [-0.39, 0.29) is 31.1 Å². The number of hydrogen-bond acceptors (Lipinski definition) is 7. The topological polar surface area (TPSA) is 95.6 Å². The fourth-order valence-electron chi connectivity index (χ4n) is 4.65. The van der Waals surface area contributed by atoms with E-state index < -0.39 is 36.4 Å². The zero-order chi connectivity index (χ0) is 23.6. The van der Waals surface area contributed by atoms with Crippen molar-refractivity contribution in [2.75, 3.05) is 13.7 Å². The SMILES string of the molecule is CCOC(=O)C[C@@H](C1O[C@@H]2OC(C)(C)O[C@@H]2[C@H]1OC)N(C(=O)NCc1ccccc1)C1CC1. The summed E-state index contributed by atoms with van der Waals surface area (Å²) in [6.45, 7) is 6.05. The summed E-state index contributed by atoms with van der Waals surface area (Å²) in [7, 11) is 1.58. The number of rotatable bonds is 9. The van der Waals surface area contributed by atoms with E-state index in [0.29, 0.717) is 6.54 Å². The molecule has 2 aliphatic heterocycles. The number of carbonyl (C=O) groups excluding carboxylic acids is 2. The highest BCUT2D eigenvalue weighted by atomic mass is 16.8. The summed E-state index contributed by atoms with van der Waals surface area (Å²) in [4.78, 5) is 27.7. The van der Waals surface area contributed by atoms with Crippen LogP contribution in [0.2, 0.25) is 0 Å². The number of methoxy groups -OCH3 is 1. The van der Waals surface area contributed by atoms with Crippen molar-refractivity contribution in [3.05, 3.63) is 35.9 Å². The van der Waals surface area contributed by atoms with Crippen LogP contribution in [-0.2, 0) is 35.0 Å². The Morgan fingerprint density at radius 2 is 1.94 bits per heavy atom. The predicted molar refractivity (Wildman–Crippen MR) is 118 cm³/mol. The lowest BCUT2D eigenvalue weighted by molar-refractivity contribution is -0.223. The van der Waals surface area contributed by atoms with Crippen molar-refractivity contribution in [1.29, 1.82) is 0 Å². The van der Waals surface area contributed by atoms with Gasteiger partial charge in [0.25, 0.3) is 0 Å². The van der Waals surface area contributed by atoms with E-state index in [1.54, 1.807) is 18.9 Å². The van der Waals surface area contributed by atoms with Crippen molar-refractivity contribution >= 4 is 12.0 Å². The van der Waals surface area contributed by atoms with Gasteiger partial charge < -0.3 is 33.9 Å². The van der Waals surface area contributed by atoms with Gasteiger partial charge in [-0.3, -0.25) is 4.79 Å². The van der Waals surface area contributed by atoms with E-state index >= 15 is 0 Å². The summed E-state index contributed by atoms with van der Waals surface area (Å²) in [5.74, 6) is -1.18. The maximum Gasteiger partial charge on any atom is 0.318 e. The van der Waals surface area contributed by atoms with Crippen molar-refractivity contribution in [2.45, 2.75) is 89.1 Å². The minimum absolute atomic E-state index is 0.00352. The molecule has 0 radical (unpaired) electrons. The number of amides is 2. The van der Waals surface area contributed by atoms with Crippen LogP contribution in [0.1, 0.15) is 45.6 Å². The molecular formula is C24H34N2O7. The van der Waals surface area contributed by atoms with E-state index in [0.717, 1.165) is 18.4 Å². The van der Waals surface area contributed by atoms with E-state index in [9.17, 15) is 9.59 Å². The van der Waals surface area contributed by atoms with Crippen LogP contribution in [0, 0.1) is 0 Å². The Hall–Kier alpha value is -2.20. The molecule has 3 fully saturated rings. The highest BCUT2D eigenvalue weighted by Crippen LogP contribution is 2.42. The normalized spacial score (nSPS) is 28.7. The second-order valence-corrected chi connectivity index (χ2v) is 9.13. The largest absolute Gasteiger partial charge is 0.466 e. The molecule has 2 saturated heterocycles. The average molecular weight is 463 g/mol. The Kier molecular flexibility index (Phi) is 7.23. The molecule has 182 valence electrons. The van der Waals surface area contributed by atoms with Crippen molar-refractivity contribution < 1.29 is 33.3 Å². The maximum atomic E-state index is 13.4. The van der Waals surface area contributed by atoms with E-state index in [4.69, 9.17) is 23.7 Å². The standard InChI is InChI=1S/C24H34N2O7/c1-5-30-18(27)13-17(19-20(29-4)21-22(31-19)33-24(2,3)32-21)26(16-11-12-16)23(28)25-14-15-9-7-6-8-10-15/h6-10,16-17,19-22H,5,11-14H2,1-4H3,(H,25,28)/t17-,19?,20-,21+,22+/m0/s1. The van der Waals surface area contributed by atoms with Crippen molar-refractivity contribution in [1.82, 2.24) is 10.2 Å². The van der Waals surface area contributed by atoms with Gasteiger partial charge in [-0.15, -0.1) is 0 Å². The molecule has 9 heteroatoms. The summed E-state index contributed by atoms with van der Waals surface area (Å²) in [6, 6.07) is 8.90. The molecule has 0 aromatic heterocycles. The van der Waals surface area contributed by atoms with Gasteiger partial charge in [0.1, 0.15) is 18.3 Å². The van der Waals surface area contributed by atoms with E-state index in [2.05, 4.69) is 5.32 Å². The lowest BCUT2D eigenvalue weighted by Crippen LogP contribution is -2.56. The third-order valence-electron chi connectivity index (χ3n) is 6.18. The number of fused-ring (bicyclic) bond motifs is 1. The number of ether oxygens (including phenoxy) is 5. The van der Waals surface area contributed by atoms with Gasteiger partial charge in [0.2, 0.25) is 0 Å². The van der Waals surface area contributed by atoms with Gasteiger partial charge in [-0.05, 0) is 39.2 Å². The Balaban J connectivity index is 1.55. The molecule has 5 atom stereocenters. The van der Waals surface area contributed by atoms with Crippen LogP contribution in [0.3, 0.4) is 0 Å². The van der Waals surface area contributed by atoms with Gasteiger partial charge in [-0.1, -0.05) is 30.3 Å². The molecule has 9 nitrogen and oxygen atoms in total. The van der Waals surface area contributed by atoms with Gasteiger partial charge in [-0.2, -0.15) is 0 Å². The van der Waals surface area contributed by atoms with Gasteiger partial charge in [0, 0.05) is 19.7 Å². The first-order valence-electron chi connectivity index (χ1n) is 11.6. The van der Waals surface area contributed by atoms with Crippen LogP contribution in [0.5, 0.6) is 0 Å². The molecule has 1 saturated carbocycles. The molecule has 33 heavy (non-hydrogen) atoms. The first-order chi connectivity index (χ1) is 15.8. The van der Waals surface area contributed by atoms with Gasteiger partial charge in [-0.25, -0.2) is 4.79 Å². The zero-order valence-corrected chi connectivity index (χ0v) is 19.7. The van der Waals surface area contributed by atoms with Crippen LogP contribution < -0.4 is 5.32 Å². The van der Waals surface area contributed by atoms with Crippen LogP contribution in [-0.4, -0.2) is 73.1 Å². The zero-order valence-electron chi connectivity index (χ0n) is 19.7. The Labute approximate surface area is 194 Å². The molecule has 1 aliphatic carbocycles. The van der Waals surface area contributed by atoms with Gasteiger partial charge >= 0.3 is 12.0 Å². The molecule has 2 heterocycles. The molecule has 1 N–H and O–H groups in total. The van der Waals surface area contributed by atoms with Crippen molar-refractivity contribution in [3.8, 4) is 0 Å². The third kappa shape index (κ3) is 5.48. The van der Waals surface area contributed by atoms with Crippen LogP contribution in [0.15, 0.2) is 30.3 Å². The minimum atomic E-state index is -0.795. The smallest absolute Gasteiger partial charge is 0.318 e. The Morgan fingerprint density at radius 1 is 1.21 bits per heavy atom. The molecular weight excluding hydrogens is 428 g/mol. The van der Waals surface area contributed by atoms with Crippen LogP contribution in [0.25, 0.3) is 0 Å². The highest BCUT2D eigenvalue weighted by molar-refractivity contribution is 5.77. The summed E-state index contributed by atoms with van der Waals surface area (Å²) in [5.41, 5.74) is 0.994. The molecule has 2 amide bonds. The number of urea groups is 1. The Bertz CT molecular complexity index is 829. The second-order valence-electron chi connectivity index (χ2n) is 9.13. The number of hydrogen-bond donors (Lipinski definition) is 1. The fourth-order valence-corrected chi connectivity index (χ4v) is 4.65. The van der Waals surface area contributed by atoms with E-state index in [1.165, 1.54) is 0 Å². The molecule has 1 unspecified atom stereocenters. The number of benzene rings is 1. The fraction of sp³-hybridized carbons (Fsp3) is 0.667. The molecule has 3 aliphatic rings. The maximum absolute atomic E-state index is 13.4. The van der Waals surface area contributed by atoms with Gasteiger partial charge in [0.15, 0.2) is 12.1 Å². The van der Waals surface area contributed by atoms with E-state index in [1.807, 2.05) is 44.2 Å². The summed E-state index contributed by atoms with van der Waals surface area (Å²) in [5, 5.41) is 3.00. The quantitative estimate of drug-likeness (QED) is 0.564. The first-order valence-corrected chi connectivity index (χ1v) is 11.6. The summed E-state index contributed by atoms with van der Waals surface area (Å²) in [6.07, 6.45) is -0.449. The monoisotopic (exact) mass is 462 g/mol. The number of nitrogens with zero attached hydrogens (tertiary/aromatic N) is 1. The highest BCUT2D eigenvalue weighted by Gasteiger charge is 2.59. The summed E-state index contributed by atoms with van der Waals surface area (Å²) < 4.78 is 29.2. The number of carbonyl (C=O) groups is 2. The first kappa shape index (κ1) is 23.9. The molecule has 1 aromatic carbocycles. The Morgan fingerprint density at radius 3 is 2.58 bits per heavy atom.